The number of nitrogens with one attached hydrogen (secondary N) is 1. The van der Waals surface area contributed by atoms with Gasteiger partial charge in [0.1, 0.15) is 0 Å². The molecule has 1 heterocycles. The van der Waals surface area contributed by atoms with Crippen LogP contribution < -0.4 is 10.1 Å². The highest BCUT2D eigenvalue weighted by molar-refractivity contribution is 6.28. The SMILES string of the molecule is CCOc1nc(Cl)nc(NC(C)Cc2ccccc2)n1. The molecule has 0 amide bonds. The summed E-state index contributed by atoms with van der Waals surface area (Å²) in [6.07, 6.45) is 0.869. The highest BCUT2D eigenvalue weighted by Crippen LogP contribution is 2.13. The molecule has 0 aliphatic heterocycles. The molecule has 1 aromatic carbocycles. The van der Waals surface area contributed by atoms with E-state index in [9.17, 15) is 0 Å². The highest BCUT2D eigenvalue weighted by Gasteiger charge is 2.09. The minimum Gasteiger partial charge on any atom is -0.464 e. The summed E-state index contributed by atoms with van der Waals surface area (Å²) in [7, 11) is 0. The zero-order valence-electron chi connectivity index (χ0n) is 11.5. The zero-order valence-corrected chi connectivity index (χ0v) is 12.3. The maximum Gasteiger partial charge on any atom is 0.322 e. The van der Waals surface area contributed by atoms with Gasteiger partial charge in [-0.1, -0.05) is 30.3 Å². The third-order valence-electron chi connectivity index (χ3n) is 2.62. The molecule has 1 unspecified atom stereocenters. The van der Waals surface area contributed by atoms with Crippen LogP contribution in [0.5, 0.6) is 6.01 Å². The normalized spacial score (nSPS) is 11.9. The van der Waals surface area contributed by atoms with Gasteiger partial charge in [0.15, 0.2) is 0 Å². The van der Waals surface area contributed by atoms with E-state index in [0.717, 1.165) is 6.42 Å². The lowest BCUT2D eigenvalue weighted by atomic mass is 10.1. The molecule has 0 fully saturated rings. The van der Waals surface area contributed by atoms with Crippen molar-refractivity contribution >= 4 is 17.5 Å². The molecule has 6 heteroatoms. The summed E-state index contributed by atoms with van der Waals surface area (Å²) in [4.78, 5) is 12.1. The van der Waals surface area contributed by atoms with Gasteiger partial charge in [-0.2, -0.15) is 15.0 Å². The second-order valence-electron chi connectivity index (χ2n) is 4.38. The molecule has 0 aliphatic rings. The van der Waals surface area contributed by atoms with Gasteiger partial charge < -0.3 is 10.1 Å². The Bertz CT molecular complexity index is 550. The predicted octanol–water partition coefficient (Wildman–Crippen LogP) is 2.97. The smallest absolute Gasteiger partial charge is 0.322 e. The first-order valence-electron chi connectivity index (χ1n) is 6.52. The number of ether oxygens (including phenoxy) is 1. The number of rotatable bonds is 6. The quantitative estimate of drug-likeness (QED) is 0.887. The molecular weight excluding hydrogens is 276 g/mol. The van der Waals surface area contributed by atoms with Gasteiger partial charge >= 0.3 is 6.01 Å². The van der Waals surface area contributed by atoms with Crippen LogP contribution in [0.3, 0.4) is 0 Å². The summed E-state index contributed by atoms with van der Waals surface area (Å²) in [5.41, 5.74) is 1.25. The minimum atomic E-state index is 0.123. The van der Waals surface area contributed by atoms with Crippen molar-refractivity contribution in [3.8, 4) is 6.01 Å². The Hall–Kier alpha value is -1.88. The molecule has 20 heavy (non-hydrogen) atoms. The molecule has 1 N–H and O–H groups in total. The molecule has 1 atom stereocenters. The number of halogens is 1. The number of anilines is 1. The average molecular weight is 293 g/mol. The summed E-state index contributed by atoms with van der Waals surface area (Å²) >= 11 is 5.85. The maximum absolute atomic E-state index is 5.85. The van der Waals surface area contributed by atoms with E-state index in [1.807, 2.05) is 25.1 Å². The monoisotopic (exact) mass is 292 g/mol. The van der Waals surface area contributed by atoms with Crippen LogP contribution >= 0.6 is 11.6 Å². The molecule has 0 bridgehead atoms. The van der Waals surface area contributed by atoms with E-state index in [-0.39, 0.29) is 17.3 Å². The lowest BCUT2D eigenvalue weighted by Gasteiger charge is -2.14. The van der Waals surface area contributed by atoms with Crippen molar-refractivity contribution in [1.29, 1.82) is 0 Å². The zero-order chi connectivity index (χ0) is 14.4. The van der Waals surface area contributed by atoms with Crippen LogP contribution in [0.25, 0.3) is 0 Å². The Morgan fingerprint density at radius 3 is 2.65 bits per heavy atom. The second-order valence-corrected chi connectivity index (χ2v) is 4.72. The summed E-state index contributed by atoms with van der Waals surface area (Å²) in [6, 6.07) is 10.6. The van der Waals surface area contributed by atoms with E-state index in [2.05, 4.69) is 39.3 Å². The van der Waals surface area contributed by atoms with E-state index in [1.54, 1.807) is 0 Å². The molecule has 0 aliphatic carbocycles. The van der Waals surface area contributed by atoms with E-state index in [0.29, 0.717) is 12.6 Å². The fourth-order valence-corrected chi connectivity index (χ4v) is 1.98. The Morgan fingerprint density at radius 1 is 1.20 bits per heavy atom. The van der Waals surface area contributed by atoms with Crippen molar-refractivity contribution < 1.29 is 4.74 Å². The minimum absolute atomic E-state index is 0.123. The molecule has 0 saturated carbocycles. The van der Waals surface area contributed by atoms with Crippen LogP contribution in [0.1, 0.15) is 19.4 Å². The molecule has 0 radical (unpaired) electrons. The number of benzene rings is 1. The summed E-state index contributed by atoms with van der Waals surface area (Å²) < 4.78 is 5.24. The van der Waals surface area contributed by atoms with Crippen LogP contribution in [-0.4, -0.2) is 27.6 Å². The molecule has 0 spiro atoms. The lowest BCUT2D eigenvalue weighted by molar-refractivity contribution is 0.312. The number of hydrogen-bond acceptors (Lipinski definition) is 5. The first kappa shape index (κ1) is 14.5. The van der Waals surface area contributed by atoms with E-state index < -0.39 is 0 Å². The lowest BCUT2D eigenvalue weighted by Crippen LogP contribution is -2.20. The fourth-order valence-electron chi connectivity index (χ4n) is 1.83. The predicted molar refractivity (Wildman–Crippen MR) is 79.2 cm³/mol. The first-order chi connectivity index (χ1) is 9.67. The van der Waals surface area contributed by atoms with Crippen molar-refractivity contribution in [2.45, 2.75) is 26.3 Å². The van der Waals surface area contributed by atoms with Gasteiger partial charge in [-0.15, -0.1) is 0 Å². The van der Waals surface area contributed by atoms with Gasteiger partial charge in [0, 0.05) is 6.04 Å². The Labute approximate surface area is 123 Å². The fraction of sp³-hybridized carbons (Fsp3) is 0.357. The van der Waals surface area contributed by atoms with Crippen LogP contribution in [0.2, 0.25) is 5.28 Å². The Balaban J connectivity index is 2.02. The van der Waals surface area contributed by atoms with Gasteiger partial charge in [0.25, 0.3) is 0 Å². The summed E-state index contributed by atoms with van der Waals surface area (Å²) in [5.74, 6) is 0.428. The van der Waals surface area contributed by atoms with Gasteiger partial charge in [-0.05, 0) is 37.4 Å². The number of aromatic nitrogens is 3. The van der Waals surface area contributed by atoms with Gasteiger partial charge in [0.2, 0.25) is 11.2 Å². The Morgan fingerprint density at radius 2 is 1.95 bits per heavy atom. The molecule has 1 aromatic heterocycles. The van der Waals surface area contributed by atoms with Crippen LogP contribution in [-0.2, 0) is 6.42 Å². The van der Waals surface area contributed by atoms with Gasteiger partial charge in [0.05, 0.1) is 6.61 Å². The third kappa shape index (κ3) is 4.35. The number of hydrogen-bond donors (Lipinski definition) is 1. The van der Waals surface area contributed by atoms with Crippen LogP contribution in [0.4, 0.5) is 5.95 Å². The molecule has 106 valence electrons. The van der Waals surface area contributed by atoms with Gasteiger partial charge in [-0.25, -0.2) is 0 Å². The van der Waals surface area contributed by atoms with Crippen molar-refractivity contribution in [2.24, 2.45) is 0 Å². The molecule has 2 rings (SSSR count). The van der Waals surface area contributed by atoms with Crippen molar-refractivity contribution in [3.63, 3.8) is 0 Å². The Kier molecular flexibility index (Phi) is 5.12. The van der Waals surface area contributed by atoms with Crippen LogP contribution in [0, 0.1) is 0 Å². The molecular formula is C14H17ClN4O. The van der Waals surface area contributed by atoms with E-state index >= 15 is 0 Å². The third-order valence-corrected chi connectivity index (χ3v) is 2.79. The van der Waals surface area contributed by atoms with Crippen molar-refractivity contribution in [1.82, 2.24) is 15.0 Å². The maximum atomic E-state index is 5.85. The van der Waals surface area contributed by atoms with Crippen molar-refractivity contribution in [3.05, 3.63) is 41.2 Å². The topological polar surface area (TPSA) is 59.9 Å². The van der Waals surface area contributed by atoms with Crippen molar-refractivity contribution in [2.75, 3.05) is 11.9 Å². The van der Waals surface area contributed by atoms with Crippen LogP contribution in [0.15, 0.2) is 30.3 Å². The molecule has 5 nitrogen and oxygen atoms in total. The summed E-state index contributed by atoms with van der Waals surface area (Å²) in [6.45, 7) is 4.41. The molecule has 2 aromatic rings. The van der Waals surface area contributed by atoms with Gasteiger partial charge in [-0.3, -0.25) is 0 Å². The van der Waals surface area contributed by atoms with E-state index in [4.69, 9.17) is 16.3 Å². The van der Waals surface area contributed by atoms with E-state index in [1.165, 1.54) is 5.56 Å². The number of nitrogens with zero attached hydrogens (tertiary/aromatic N) is 3. The largest absolute Gasteiger partial charge is 0.464 e. The first-order valence-corrected chi connectivity index (χ1v) is 6.90. The highest BCUT2D eigenvalue weighted by atomic mass is 35.5. The molecule has 0 saturated heterocycles. The average Bonchev–Trinajstić information content (AvgIpc) is 2.39. The second kappa shape index (κ2) is 7.05. The summed E-state index contributed by atoms with van der Waals surface area (Å²) in [5, 5.41) is 3.33. The standard InChI is InChI=1S/C14H17ClN4O/c1-3-20-14-18-12(15)17-13(19-14)16-10(2)9-11-7-5-4-6-8-11/h4-8,10H,3,9H2,1-2H3,(H,16,17,18,19).